The Morgan fingerprint density at radius 1 is 0.857 bits per heavy atom. The van der Waals surface area contributed by atoms with E-state index in [0.717, 1.165) is 0 Å². The predicted octanol–water partition coefficient (Wildman–Crippen LogP) is 3.93. The first-order chi connectivity index (χ1) is 6.95. The third-order valence-corrected chi connectivity index (χ3v) is 4.93. The monoisotopic (exact) mass is 274 g/mol. The van der Waals surface area contributed by atoms with Crippen molar-refractivity contribution in [2.75, 3.05) is 0 Å². The second kappa shape index (κ2) is 5.46. The quantitative estimate of drug-likeness (QED) is 0.669. The molecule has 0 aliphatic heterocycles. The van der Waals surface area contributed by atoms with Gasteiger partial charge in [0.2, 0.25) is 0 Å². The second-order valence-corrected chi connectivity index (χ2v) is 6.24. The van der Waals surface area contributed by atoms with E-state index in [1.165, 1.54) is 32.1 Å². The van der Waals surface area contributed by atoms with Crippen molar-refractivity contribution in [2.45, 2.75) is 32.1 Å². The van der Waals surface area contributed by atoms with Crippen molar-refractivity contribution in [3.63, 3.8) is 0 Å². The maximum absolute atomic E-state index is 2.35. The van der Waals surface area contributed by atoms with Crippen LogP contribution >= 0.6 is 0 Å². The van der Waals surface area contributed by atoms with Crippen LogP contribution in [-0.4, -0.2) is 0 Å². The van der Waals surface area contributed by atoms with E-state index in [4.69, 9.17) is 0 Å². The molecular formula is C13H16Ru. The first-order valence-electron chi connectivity index (χ1n) is 5.29. The van der Waals surface area contributed by atoms with Crippen LogP contribution in [0.1, 0.15) is 32.1 Å². The van der Waals surface area contributed by atoms with Crippen molar-refractivity contribution in [3.8, 4) is 0 Å². The fourth-order valence-corrected chi connectivity index (χ4v) is 3.93. The van der Waals surface area contributed by atoms with Crippen molar-refractivity contribution >= 4 is 0 Å². The molecule has 0 fully saturated rings. The van der Waals surface area contributed by atoms with Crippen LogP contribution in [0.4, 0.5) is 0 Å². The summed E-state index contributed by atoms with van der Waals surface area (Å²) in [6.45, 7) is 0. The number of hydrogen-bond acceptors (Lipinski definition) is 0. The Balaban J connectivity index is 1.96. The summed E-state index contributed by atoms with van der Waals surface area (Å²) in [7, 11) is 0. The average Bonchev–Trinajstić information content (AvgIpc) is 2.48. The van der Waals surface area contributed by atoms with Gasteiger partial charge in [-0.15, -0.1) is 0 Å². The molecule has 0 aromatic rings. The Morgan fingerprint density at radius 2 is 1.57 bits per heavy atom. The van der Waals surface area contributed by atoms with Gasteiger partial charge in [-0.05, 0) is 0 Å². The van der Waals surface area contributed by atoms with Gasteiger partial charge >= 0.3 is 94.0 Å². The third kappa shape index (κ3) is 3.06. The van der Waals surface area contributed by atoms with E-state index in [9.17, 15) is 0 Å². The van der Waals surface area contributed by atoms with Gasteiger partial charge in [0, 0.05) is 0 Å². The molecule has 0 bridgehead atoms. The maximum atomic E-state index is 2.35. The van der Waals surface area contributed by atoms with Gasteiger partial charge in [0.05, 0.1) is 0 Å². The Labute approximate surface area is 94.1 Å². The summed E-state index contributed by atoms with van der Waals surface area (Å²) in [4.78, 5) is 0. The van der Waals surface area contributed by atoms with Crippen LogP contribution in [-0.2, 0) is 17.1 Å². The molecule has 0 amide bonds. The van der Waals surface area contributed by atoms with Crippen LogP contribution in [0.15, 0.2) is 44.8 Å². The van der Waals surface area contributed by atoms with Crippen molar-refractivity contribution in [2.24, 2.45) is 0 Å². The summed E-state index contributed by atoms with van der Waals surface area (Å²) < 4.78 is 3.40. The Morgan fingerprint density at radius 3 is 2.36 bits per heavy atom. The fourth-order valence-electron chi connectivity index (χ4n) is 1.59. The predicted molar refractivity (Wildman–Crippen MR) is 57.5 cm³/mol. The first kappa shape index (κ1) is 10.1. The molecule has 76 valence electrons. The summed E-state index contributed by atoms with van der Waals surface area (Å²) in [5.41, 5.74) is 0. The molecule has 0 aromatic heterocycles. The molecule has 2 aliphatic rings. The Hall–Kier alpha value is -0.417. The van der Waals surface area contributed by atoms with Gasteiger partial charge in [-0.25, -0.2) is 0 Å². The van der Waals surface area contributed by atoms with Crippen molar-refractivity contribution in [1.82, 2.24) is 0 Å². The molecule has 2 aliphatic carbocycles. The minimum absolute atomic E-state index is 0.370. The molecule has 0 saturated heterocycles. The molecule has 1 heteroatoms. The van der Waals surface area contributed by atoms with Crippen molar-refractivity contribution in [3.05, 3.63) is 44.8 Å². The van der Waals surface area contributed by atoms with Gasteiger partial charge in [0.25, 0.3) is 0 Å². The van der Waals surface area contributed by atoms with Crippen LogP contribution in [0, 0.1) is 0 Å². The number of rotatable bonds is 2. The van der Waals surface area contributed by atoms with Gasteiger partial charge in [-0.1, -0.05) is 0 Å². The molecule has 0 aromatic carbocycles. The molecule has 0 unspecified atom stereocenters. The van der Waals surface area contributed by atoms with E-state index in [1.54, 1.807) is 8.33 Å². The van der Waals surface area contributed by atoms with E-state index in [2.05, 4.69) is 36.5 Å². The molecule has 0 spiro atoms. The van der Waals surface area contributed by atoms with Gasteiger partial charge < -0.3 is 0 Å². The normalized spacial score (nSPS) is 21.7. The first-order valence-corrected chi connectivity index (χ1v) is 7.03. The van der Waals surface area contributed by atoms with E-state index >= 15 is 0 Å². The Bertz CT molecular complexity index is 305. The third-order valence-electron chi connectivity index (χ3n) is 2.37. The summed E-state index contributed by atoms with van der Waals surface area (Å²) in [6, 6.07) is 0. The Kier molecular flexibility index (Phi) is 3.94. The van der Waals surface area contributed by atoms with E-state index in [-0.39, 0.29) is 0 Å². The van der Waals surface area contributed by atoms with Gasteiger partial charge in [0.1, 0.15) is 0 Å². The van der Waals surface area contributed by atoms with Crippen LogP contribution in [0.5, 0.6) is 0 Å². The fraction of sp³-hybridized carbons (Fsp3) is 0.385. The van der Waals surface area contributed by atoms with Crippen LogP contribution in [0.25, 0.3) is 0 Å². The molecular weight excluding hydrogens is 257 g/mol. The van der Waals surface area contributed by atoms with Gasteiger partial charge in [-0.2, -0.15) is 0 Å². The SMILES string of the molecule is C1=CCCC[C]([Ru][C]2=CC=CCC2)=C1. The molecule has 0 nitrogen and oxygen atoms in total. The van der Waals surface area contributed by atoms with E-state index < -0.39 is 0 Å². The molecule has 0 radical (unpaired) electrons. The van der Waals surface area contributed by atoms with Crippen LogP contribution in [0.3, 0.4) is 0 Å². The molecule has 14 heavy (non-hydrogen) atoms. The zero-order valence-electron chi connectivity index (χ0n) is 8.35. The van der Waals surface area contributed by atoms with Crippen LogP contribution in [0.2, 0.25) is 0 Å². The second-order valence-electron chi connectivity index (χ2n) is 3.57. The topological polar surface area (TPSA) is 0 Å². The summed E-state index contributed by atoms with van der Waals surface area (Å²) in [5.74, 6) is 0. The van der Waals surface area contributed by atoms with Crippen LogP contribution < -0.4 is 0 Å². The van der Waals surface area contributed by atoms with Gasteiger partial charge in [0.15, 0.2) is 0 Å². The molecule has 2 rings (SSSR count). The zero-order chi connectivity index (χ0) is 9.64. The summed E-state index contributed by atoms with van der Waals surface area (Å²) >= 11 is 0.370. The zero-order valence-corrected chi connectivity index (χ0v) is 10.1. The molecule has 0 heterocycles. The van der Waals surface area contributed by atoms with Crippen molar-refractivity contribution in [1.29, 1.82) is 0 Å². The van der Waals surface area contributed by atoms with E-state index in [1.807, 2.05) is 0 Å². The minimum atomic E-state index is 0.370. The summed E-state index contributed by atoms with van der Waals surface area (Å²) in [6.07, 6.45) is 20.2. The number of allylic oxidation sites excluding steroid dienone is 8. The molecule has 0 atom stereocenters. The standard InChI is InChI=1S/C7H9.C6H7.Ru/c1-2-4-6-7-5-3-1;1-2-4-6-5-3-1;/h1-3H,4,6-7H2;1-3H,4,6H2;. The average molecular weight is 273 g/mol. The molecule has 0 saturated carbocycles. The number of hydrogen-bond donors (Lipinski definition) is 0. The summed E-state index contributed by atoms with van der Waals surface area (Å²) in [5, 5.41) is 0. The van der Waals surface area contributed by atoms with Crippen molar-refractivity contribution < 1.29 is 17.1 Å². The van der Waals surface area contributed by atoms with E-state index in [0.29, 0.717) is 17.1 Å². The molecule has 0 N–H and O–H groups in total. The van der Waals surface area contributed by atoms with Gasteiger partial charge in [-0.3, -0.25) is 0 Å².